The Kier molecular flexibility index (Phi) is 3.17. The second-order valence-electron chi connectivity index (χ2n) is 8.41. The molecule has 0 aromatic carbocycles. The summed E-state index contributed by atoms with van der Waals surface area (Å²) in [5.41, 5.74) is -0.0822. The van der Waals surface area contributed by atoms with Crippen LogP contribution in [0.5, 0.6) is 0 Å². The Morgan fingerprint density at radius 2 is 1.75 bits per heavy atom. The highest BCUT2D eigenvalue weighted by atomic mass is 16.5. The molecule has 1 aliphatic heterocycles. The summed E-state index contributed by atoms with van der Waals surface area (Å²) in [4.78, 5) is 0. The molecule has 2 atom stereocenters. The molecular formula is C17H29NO2. The summed E-state index contributed by atoms with van der Waals surface area (Å²) in [6.45, 7) is 4.29. The van der Waals surface area contributed by atoms with Crippen LogP contribution in [0.1, 0.15) is 51.9 Å². The van der Waals surface area contributed by atoms with E-state index in [1.165, 1.54) is 38.5 Å². The molecule has 5 aliphatic rings. The molecule has 4 bridgehead atoms. The molecule has 4 saturated carbocycles. The minimum atomic E-state index is -0.615. The van der Waals surface area contributed by atoms with Gasteiger partial charge in [0.15, 0.2) is 0 Å². The Morgan fingerprint density at radius 3 is 2.25 bits per heavy atom. The molecule has 1 heterocycles. The summed E-state index contributed by atoms with van der Waals surface area (Å²) in [5, 5.41) is 14.1. The van der Waals surface area contributed by atoms with Crippen LogP contribution in [0.3, 0.4) is 0 Å². The lowest BCUT2D eigenvalue weighted by molar-refractivity contribution is -0.0745. The molecule has 20 heavy (non-hydrogen) atoms. The van der Waals surface area contributed by atoms with Crippen LogP contribution < -0.4 is 5.32 Å². The monoisotopic (exact) mass is 279 g/mol. The van der Waals surface area contributed by atoms with Gasteiger partial charge in [0.2, 0.25) is 0 Å². The number of hydrogen-bond donors (Lipinski definition) is 2. The van der Waals surface area contributed by atoms with Crippen molar-refractivity contribution in [2.45, 2.75) is 63.5 Å². The van der Waals surface area contributed by atoms with Crippen LogP contribution in [-0.2, 0) is 4.74 Å². The molecule has 3 heteroatoms. The first-order valence-electron chi connectivity index (χ1n) is 8.60. The Bertz CT molecular complexity index is 340. The molecule has 0 aromatic heterocycles. The van der Waals surface area contributed by atoms with Crippen molar-refractivity contribution < 1.29 is 9.84 Å². The van der Waals surface area contributed by atoms with Gasteiger partial charge in [-0.3, -0.25) is 0 Å². The highest BCUT2D eigenvalue weighted by Crippen LogP contribution is 2.61. The topological polar surface area (TPSA) is 41.5 Å². The molecule has 0 radical (unpaired) electrons. The molecular weight excluding hydrogens is 250 g/mol. The van der Waals surface area contributed by atoms with E-state index in [1.807, 2.05) is 0 Å². The van der Waals surface area contributed by atoms with Gasteiger partial charge in [-0.15, -0.1) is 0 Å². The first-order valence-corrected chi connectivity index (χ1v) is 8.60. The predicted octanol–water partition coefficient (Wildman–Crippen LogP) is 2.33. The molecule has 5 rings (SSSR count). The minimum Gasteiger partial charge on any atom is -0.386 e. The van der Waals surface area contributed by atoms with Gasteiger partial charge in [-0.25, -0.2) is 0 Å². The fourth-order valence-electron chi connectivity index (χ4n) is 6.00. The molecule has 4 aliphatic carbocycles. The number of nitrogens with one attached hydrogen (secondary N) is 1. The first kappa shape index (κ1) is 13.5. The summed E-state index contributed by atoms with van der Waals surface area (Å²) in [6.07, 6.45) is 9.59. The first-order chi connectivity index (χ1) is 9.57. The largest absolute Gasteiger partial charge is 0.386 e. The van der Waals surface area contributed by atoms with Gasteiger partial charge < -0.3 is 15.2 Å². The van der Waals surface area contributed by atoms with E-state index in [1.54, 1.807) is 0 Å². The summed E-state index contributed by atoms with van der Waals surface area (Å²) >= 11 is 0. The van der Waals surface area contributed by atoms with Crippen LogP contribution in [0.15, 0.2) is 0 Å². The van der Waals surface area contributed by atoms with Crippen molar-refractivity contribution in [2.75, 3.05) is 19.8 Å². The van der Waals surface area contributed by atoms with Gasteiger partial charge >= 0.3 is 0 Å². The normalized spacial score (nSPS) is 51.6. The van der Waals surface area contributed by atoms with Crippen LogP contribution in [-0.4, -0.2) is 36.5 Å². The minimum absolute atomic E-state index is 0.508. The maximum Gasteiger partial charge on any atom is 0.102 e. The van der Waals surface area contributed by atoms with Crippen molar-refractivity contribution >= 4 is 0 Å². The van der Waals surface area contributed by atoms with Crippen LogP contribution >= 0.6 is 0 Å². The highest BCUT2D eigenvalue weighted by Gasteiger charge is 2.53. The maximum atomic E-state index is 10.4. The lowest BCUT2D eigenvalue weighted by Crippen LogP contribution is -2.57. The van der Waals surface area contributed by atoms with Crippen molar-refractivity contribution in [2.24, 2.45) is 23.2 Å². The van der Waals surface area contributed by atoms with E-state index in [0.717, 1.165) is 24.2 Å². The molecule has 2 N–H and O–H groups in total. The lowest BCUT2D eigenvalue weighted by Gasteiger charge is -2.59. The Labute approximate surface area is 122 Å². The number of ether oxygens (including phenoxy) is 1. The highest BCUT2D eigenvalue weighted by molar-refractivity contribution is 5.05. The van der Waals surface area contributed by atoms with Gasteiger partial charge in [-0.1, -0.05) is 0 Å². The van der Waals surface area contributed by atoms with Crippen LogP contribution in [0.25, 0.3) is 0 Å². The second kappa shape index (κ2) is 4.69. The molecule has 5 fully saturated rings. The quantitative estimate of drug-likeness (QED) is 0.830. The summed E-state index contributed by atoms with van der Waals surface area (Å²) < 4.78 is 5.35. The summed E-state index contributed by atoms with van der Waals surface area (Å²) in [7, 11) is 0. The van der Waals surface area contributed by atoms with E-state index >= 15 is 0 Å². The molecule has 1 saturated heterocycles. The van der Waals surface area contributed by atoms with Crippen molar-refractivity contribution in [3.05, 3.63) is 0 Å². The van der Waals surface area contributed by atoms with Gasteiger partial charge in [0.05, 0.1) is 6.61 Å². The zero-order chi connectivity index (χ0) is 13.8. The third kappa shape index (κ3) is 2.22. The van der Waals surface area contributed by atoms with E-state index in [0.29, 0.717) is 31.2 Å². The van der Waals surface area contributed by atoms with E-state index in [4.69, 9.17) is 4.74 Å². The summed E-state index contributed by atoms with van der Waals surface area (Å²) in [6, 6.07) is 0.542. The maximum absolute atomic E-state index is 10.4. The number of hydrogen-bond acceptors (Lipinski definition) is 3. The summed E-state index contributed by atoms with van der Waals surface area (Å²) in [5.74, 6) is 3.01. The van der Waals surface area contributed by atoms with Crippen molar-refractivity contribution in [1.82, 2.24) is 5.32 Å². The SMILES string of the molecule is CC(NCC1(O)CCOC1)C12CC3CC(CC(C3)C1)C2. The van der Waals surface area contributed by atoms with Gasteiger partial charge in [-0.2, -0.15) is 0 Å². The van der Waals surface area contributed by atoms with E-state index in [9.17, 15) is 5.11 Å². The van der Waals surface area contributed by atoms with Crippen molar-refractivity contribution in [3.8, 4) is 0 Å². The standard InChI is InChI=1S/C17H29NO2/c1-12(18-10-17(19)2-3-20-11-17)16-7-13-4-14(8-16)6-15(5-13)9-16/h12-15,18-19H,2-11H2,1H3. The molecule has 0 spiro atoms. The van der Waals surface area contributed by atoms with Crippen LogP contribution in [0.2, 0.25) is 0 Å². The Balaban J connectivity index is 1.41. The van der Waals surface area contributed by atoms with E-state index in [2.05, 4.69) is 12.2 Å². The van der Waals surface area contributed by atoms with E-state index < -0.39 is 5.60 Å². The van der Waals surface area contributed by atoms with Gasteiger partial charge in [0.1, 0.15) is 5.60 Å². The second-order valence-corrected chi connectivity index (χ2v) is 8.41. The predicted molar refractivity (Wildman–Crippen MR) is 78.5 cm³/mol. The van der Waals surface area contributed by atoms with Gasteiger partial charge in [-0.05, 0) is 68.6 Å². The Morgan fingerprint density at radius 1 is 1.15 bits per heavy atom. The van der Waals surface area contributed by atoms with Crippen LogP contribution in [0.4, 0.5) is 0 Å². The number of rotatable bonds is 4. The number of aliphatic hydroxyl groups is 1. The van der Waals surface area contributed by atoms with Crippen LogP contribution in [0, 0.1) is 23.2 Å². The van der Waals surface area contributed by atoms with Gasteiger partial charge in [0, 0.05) is 25.6 Å². The fraction of sp³-hybridized carbons (Fsp3) is 1.00. The Hall–Kier alpha value is -0.120. The molecule has 114 valence electrons. The van der Waals surface area contributed by atoms with Crippen molar-refractivity contribution in [3.63, 3.8) is 0 Å². The average molecular weight is 279 g/mol. The zero-order valence-corrected chi connectivity index (χ0v) is 12.7. The fourth-order valence-corrected chi connectivity index (χ4v) is 6.00. The third-order valence-electron chi connectivity index (χ3n) is 6.82. The lowest BCUT2D eigenvalue weighted by atomic mass is 9.48. The molecule has 0 aromatic rings. The van der Waals surface area contributed by atoms with Crippen molar-refractivity contribution in [1.29, 1.82) is 0 Å². The third-order valence-corrected chi connectivity index (χ3v) is 6.82. The molecule has 0 amide bonds. The average Bonchev–Trinajstić information content (AvgIpc) is 2.82. The van der Waals surface area contributed by atoms with Gasteiger partial charge in [0.25, 0.3) is 0 Å². The smallest absolute Gasteiger partial charge is 0.102 e. The zero-order valence-electron chi connectivity index (χ0n) is 12.7. The molecule has 3 nitrogen and oxygen atoms in total. The van der Waals surface area contributed by atoms with E-state index in [-0.39, 0.29) is 0 Å². The molecule has 2 unspecified atom stereocenters.